The van der Waals surface area contributed by atoms with Gasteiger partial charge in [-0.15, -0.1) is 0 Å². The molecule has 0 saturated carbocycles. The van der Waals surface area contributed by atoms with Crippen LogP contribution in [0, 0.1) is 0 Å². The van der Waals surface area contributed by atoms with Crippen molar-refractivity contribution in [1.29, 1.82) is 0 Å². The molecular formula is C22H27N3O4. The number of methoxy groups -OCH3 is 1. The molecule has 2 saturated heterocycles. The summed E-state index contributed by atoms with van der Waals surface area (Å²) < 4.78 is 10.7. The molecule has 29 heavy (non-hydrogen) atoms. The number of aliphatic hydroxyl groups is 1. The molecule has 3 heterocycles. The first-order valence-electron chi connectivity index (χ1n) is 10.0. The average molecular weight is 397 g/mol. The van der Waals surface area contributed by atoms with Gasteiger partial charge in [0.25, 0.3) is 5.91 Å². The summed E-state index contributed by atoms with van der Waals surface area (Å²) in [6.45, 7) is 3.63. The summed E-state index contributed by atoms with van der Waals surface area (Å²) in [6.07, 6.45) is 2.05. The molecule has 0 unspecified atom stereocenters. The average Bonchev–Trinajstić information content (AvgIpc) is 2.80. The lowest BCUT2D eigenvalue weighted by molar-refractivity contribution is -0.112. The third-order valence-electron chi connectivity index (χ3n) is 5.94. The Balaban J connectivity index is 1.61. The number of aromatic nitrogens is 1. The fourth-order valence-corrected chi connectivity index (χ4v) is 4.29. The lowest BCUT2D eigenvalue weighted by Gasteiger charge is -2.50. The van der Waals surface area contributed by atoms with Crippen LogP contribution >= 0.6 is 0 Å². The number of hydrogen-bond donors (Lipinski definition) is 1. The molecule has 1 amide bonds. The van der Waals surface area contributed by atoms with Crippen molar-refractivity contribution in [3.63, 3.8) is 0 Å². The van der Waals surface area contributed by atoms with Gasteiger partial charge in [-0.05, 0) is 18.1 Å². The van der Waals surface area contributed by atoms with Gasteiger partial charge in [0.15, 0.2) is 0 Å². The first-order chi connectivity index (χ1) is 14.1. The highest BCUT2D eigenvalue weighted by molar-refractivity contribution is 5.92. The molecule has 0 radical (unpaired) electrons. The lowest BCUT2D eigenvalue weighted by Crippen LogP contribution is -2.63. The van der Waals surface area contributed by atoms with E-state index in [9.17, 15) is 9.90 Å². The Kier molecular flexibility index (Phi) is 5.80. The Hall–Kier alpha value is -2.48. The Morgan fingerprint density at radius 1 is 1.21 bits per heavy atom. The number of piperidine rings is 1. The molecule has 0 spiro atoms. The maximum atomic E-state index is 13.1. The van der Waals surface area contributed by atoms with E-state index in [2.05, 4.69) is 9.88 Å². The van der Waals surface area contributed by atoms with Crippen LogP contribution in [0.4, 0.5) is 0 Å². The first-order valence-corrected chi connectivity index (χ1v) is 10.0. The molecule has 7 nitrogen and oxygen atoms in total. The molecular weight excluding hydrogens is 370 g/mol. The molecule has 1 aromatic carbocycles. The van der Waals surface area contributed by atoms with E-state index < -0.39 is 5.60 Å². The van der Waals surface area contributed by atoms with Crippen molar-refractivity contribution in [1.82, 2.24) is 14.8 Å². The molecule has 1 aromatic heterocycles. The van der Waals surface area contributed by atoms with Gasteiger partial charge < -0.3 is 19.5 Å². The Morgan fingerprint density at radius 3 is 2.69 bits per heavy atom. The maximum Gasteiger partial charge on any atom is 0.272 e. The second-order valence-corrected chi connectivity index (χ2v) is 7.54. The molecule has 1 N–H and O–H groups in total. The summed E-state index contributed by atoms with van der Waals surface area (Å²) in [5.41, 5.74) is 0.232. The number of carbonyl (C=O) groups is 1. The first kappa shape index (κ1) is 19.8. The Labute approximate surface area is 170 Å². The van der Waals surface area contributed by atoms with Crippen LogP contribution in [-0.4, -0.2) is 78.3 Å². The summed E-state index contributed by atoms with van der Waals surface area (Å²) in [7, 11) is 1.57. The minimum atomic E-state index is -1.02. The van der Waals surface area contributed by atoms with Gasteiger partial charge in [0.1, 0.15) is 17.0 Å². The van der Waals surface area contributed by atoms with E-state index >= 15 is 0 Å². The minimum absolute atomic E-state index is 0.141. The predicted molar refractivity (Wildman–Crippen MR) is 108 cm³/mol. The topological polar surface area (TPSA) is 75.1 Å². The zero-order valence-corrected chi connectivity index (χ0v) is 16.7. The zero-order chi connectivity index (χ0) is 20.3. The zero-order valence-electron chi connectivity index (χ0n) is 16.7. The molecule has 2 aliphatic heterocycles. The van der Waals surface area contributed by atoms with E-state index in [0.717, 1.165) is 18.7 Å². The number of ether oxygens (including phenoxy) is 2. The summed E-state index contributed by atoms with van der Waals surface area (Å²) in [6, 6.07) is 12.9. The molecule has 2 aliphatic rings. The lowest BCUT2D eigenvalue weighted by atomic mass is 9.79. The van der Waals surface area contributed by atoms with E-state index in [4.69, 9.17) is 9.47 Å². The normalized spacial score (nSPS) is 25.6. The summed E-state index contributed by atoms with van der Waals surface area (Å²) in [4.78, 5) is 21.4. The fraction of sp³-hybridized carbons (Fsp3) is 0.455. The van der Waals surface area contributed by atoms with Gasteiger partial charge in [0.2, 0.25) is 0 Å². The molecule has 2 aromatic rings. The van der Waals surface area contributed by atoms with Crippen LogP contribution < -0.4 is 4.74 Å². The number of rotatable bonds is 4. The molecule has 154 valence electrons. The van der Waals surface area contributed by atoms with E-state index in [0.29, 0.717) is 44.2 Å². The quantitative estimate of drug-likeness (QED) is 0.843. The molecule has 2 fully saturated rings. The van der Waals surface area contributed by atoms with Gasteiger partial charge in [-0.2, -0.15) is 0 Å². The summed E-state index contributed by atoms with van der Waals surface area (Å²) in [5, 5.41) is 11.8. The van der Waals surface area contributed by atoms with Gasteiger partial charge in [0, 0.05) is 38.4 Å². The van der Waals surface area contributed by atoms with Gasteiger partial charge >= 0.3 is 0 Å². The standard InChI is InChI=1S/C22H27N3O4/c1-28-18-7-9-23-19(15-18)21(26)25-10-8-22(27,17-5-3-2-4-6-17)20(16-25)24-11-13-29-14-12-24/h2-7,9,15,20,27H,8,10-14,16H2,1H3/t20-,22+/m1/s1. The smallest absolute Gasteiger partial charge is 0.272 e. The van der Waals surface area contributed by atoms with Gasteiger partial charge in [0.05, 0.1) is 26.4 Å². The van der Waals surface area contributed by atoms with Crippen molar-refractivity contribution in [2.24, 2.45) is 0 Å². The minimum Gasteiger partial charge on any atom is -0.497 e. The third kappa shape index (κ3) is 3.99. The number of morpholine rings is 1. The van der Waals surface area contributed by atoms with Gasteiger partial charge in [-0.1, -0.05) is 30.3 Å². The number of pyridine rings is 1. The van der Waals surface area contributed by atoms with Crippen molar-refractivity contribution in [3.05, 3.63) is 59.9 Å². The number of carbonyl (C=O) groups excluding carboxylic acids is 1. The molecule has 0 aliphatic carbocycles. The van der Waals surface area contributed by atoms with Crippen molar-refractivity contribution in [2.75, 3.05) is 46.5 Å². The van der Waals surface area contributed by atoms with Crippen molar-refractivity contribution in [2.45, 2.75) is 18.1 Å². The number of amides is 1. The van der Waals surface area contributed by atoms with Crippen LogP contribution in [-0.2, 0) is 10.3 Å². The number of hydrogen-bond acceptors (Lipinski definition) is 6. The van der Waals surface area contributed by atoms with E-state index in [1.165, 1.54) is 0 Å². The van der Waals surface area contributed by atoms with Gasteiger partial charge in [-0.25, -0.2) is 0 Å². The van der Waals surface area contributed by atoms with E-state index in [1.807, 2.05) is 30.3 Å². The number of nitrogens with zero attached hydrogens (tertiary/aromatic N) is 3. The highest BCUT2D eigenvalue weighted by atomic mass is 16.5. The summed E-state index contributed by atoms with van der Waals surface area (Å²) >= 11 is 0. The largest absolute Gasteiger partial charge is 0.497 e. The third-order valence-corrected chi connectivity index (χ3v) is 5.94. The maximum absolute atomic E-state index is 13.1. The van der Waals surface area contributed by atoms with E-state index in [1.54, 1.807) is 30.3 Å². The van der Waals surface area contributed by atoms with Crippen LogP contribution in [0.25, 0.3) is 0 Å². The van der Waals surface area contributed by atoms with Crippen LogP contribution in [0.1, 0.15) is 22.5 Å². The summed E-state index contributed by atoms with van der Waals surface area (Å²) in [5.74, 6) is 0.461. The van der Waals surface area contributed by atoms with Crippen LogP contribution in [0.5, 0.6) is 5.75 Å². The van der Waals surface area contributed by atoms with Crippen molar-refractivity contribution < 1.29 is 19.4 Å². The Bertz CT molecular complexity index is 841. The molecule has 2 atom stereocenters. The highest BCUT2D eigenvalue weighted by Crippen LogP contribution is 2.36. The molecule has 7 heteroatoms. The van der Waals surface area contributed by atoms with Crippen molar-refractivity contribution >= 4 is 5.91 Å². The number of benzene rings is 1. The van der Waals surface area contributed by atoms with E-state index in [-0.39, 0.29) is 11.9 Å². The van der Waals surface area contributed by atoms with Crippen LogP contribution in [0.3, 0.4) is 0 Å². The van der Waals surface area contributed by atoms with Gasteiger partial charge in [-0.3, -0.25) is 14.7 Å². The second kappa shape index (κ2) is 8.49. The Morgan fingerprint density at radius 2 is 1.97 bits per heavy atom. The monoisotopic (exact) mass is 397 g/mol. The number of likely N-dealkylation sites (tertiary alicyclic amines) is 1. The molecule has 0 bridgehead atoms. The van der Waals surface area contributed by atoms with Crippen LogP contribution in [0.2, 0.25) is 0 Å². The fourth-order valence-electron chi connectivity index (χ4n) is 4.29. The van der Waals surface area contributed by atoms with Crippen LogP contribution in [0.15, 0.2) is 48.7 Å². The SMILES string of the molecule is COc1ccnc(C(=O)N2CC[C@](O)(c3ccccc3)[C@H](N3CCOCC3)C2)c1. The van der Waals surface area contributed by atoms with Crippen molar-refractivity contribution in [3.8, 4) is 5.75 Å². The highest BCUT2D eigenvalue weighted by Gasteiger charge is 2.47. The predicted octanol–water partition coefficient (Wildman–Crippen LogP) is 1.52. The molecule has 4 rings (SSSR count). The second-order valence-electron chi connectivity index (χ2n) is 7.54.